The van der Waals surface area contributed by atoms with E-state index in [1.54, 1.807) is 7.11 Å². The fourth-order valence-corrected chi connectivity index (χ4v) is 1.97. The minimum absolute atomic E-state index is 0.265. The lowest BCUT2D eigenvalue weighted by Gasteiger charge is -2.17. The van der Waals surface area contributed by atoms with Crippen LogP contribution < -0.4 is 5.32 Å². The number of nitrogens with zero attached hydrogens (tertiary/aromatic N) is 2. The van der Waals surface area contributed by atoms with Gasteiger partial charge in [0.25, 0.3) is 0 Å². The molecule has 1 heterocycles. The molecule has 4 nitrogen and oxygen atoms in total. The summed E-state index contributed by atoms with van der Waals surface area (Å²) in [6, 6.07) is 8.24. The van der Waals surface area contributed by atoms with E-state index < -0.39 is 0 Å². The minimum atomic E-state index is 0.265. The van der Waals surface area contributed by atoms with Crippen LogP contribution in [0.25, 0.3) is 10.9 Å². The van der Waals surface area contributed by atoms with E-state index in [1.165, 1.54) is 0 Å². The molecule has 0 aliphatic rings. The van der Waals surface area contributed by atoms with E-state index in [2.05, 4.69) is 22.2 Å². The molecular formula is C14H19N3O. The van der Waals surface area contributed by atoms with Crippen LogP contribution in [0.15, 0.2) is 30.5 Å². The predicted molar refractivity (Wildman–Crippen MR) is 73.7 cm³/mol. The van der Waals surface area contributed by atoms with E-state index in [0.29, 0.717) is 12.6 Å². The van der Waals surface area contributed by atoms with Gasteiger partial charge in [-0.25, -0.2) is 9.97 Å². The molecule has 0 bridgehead atoms. The molecule has 0 fully saturated rings. The molecule has 0 aliphatic carbocycles. The third-order valence-electron chi connectivity index (χ3n) is 2.83. The summed E-state index contributed by atoms with van der Waals surface area (Å²) in [5.41, 5.74) is 0.961. The second-order valence-corrected chi connectivity index (χ2v) is 4.34. The van der Waals surface area contributed by atoms with Gasteiger partial charge in [-0.1, -0.05) is 31.5 Å². The molecule has 1 N–H and O–H groups in total. The van der Waals surface area contributed by atoms with Crippen molar-refractivity contribution in [1.29, 1.82) is 0 Å². The highest BCUT2D eigenvalue weighted by molar-refractivity contribution is 5.78. The van der Waals surface area contributed by atoms with Crippen LogP contribution in [0.4, 0.5) is 5.95 Å². The highest BCUT2D eigenvalue weighted by Gasteiger charge is 2.09. The lowest BCUT2D eigenvalue weighted by atomic mass is 10.2. The lowest BCUT2D eigenvalue weighted by molar-refractivity contribution is 0.182. The molecule has 4 heteroatoms. The molecule has 0 aliphatic heterocycles. The Hall–Kier alpha value is -1.68. The molecule has 0 radical (unpaired) electrons. The van der Waals surface area contributed by atoms with Gasteiger partial charge in [-0.05, 0) is 12.5 Å². The third-order valence-corrected chi connectivity index (χ3v) is 2.83. The molecule has 1 aromatic carbocycles. The van der Waals surface area contributed by atoms with Crippen molar-refractivity contribution in [2.24, 2.45) is 0 Å². The van der Waals surface area contributed by atoms with Crippen molar-refractivity contribution in [2.75, 3.05) is 19.0 Å². The van der Waals surface area contributed by atoms with Gasteiger partial charge in [0.15, 0.2) is 0 Å². The number of ether oxygens (including phenoxy) is 1. The second kappa shape index (κ2) is 6.31. The third kappa shape index (κ3) is 3.17. The fourth-order valence-electron chi connectivity index (χ4n) is 1.97. The van der Waals surface area contributed by atoms with E-state index in [-0.39, 0.29) is 6.04 Å². The first-order valence-corrected chi connectivity index (χ1v) is 6.30. The van der Waals surface area contributed by atoms with Crippen molar-refractivity contribution in [3.63, 3.8) is 0 Å². The summed E-state index contributed by atoms with van der Waals surface area (Å²) in [6.45, 7) is 2.83. The monoisotopic (exact) mass is 245 g/mol. The Morgan fingerprint density at radius 2 is 2.17 bits per heavy atom. The van der Waals surface area contributed by atoms with Crippen molar-refractivity contribution in [3.05, 3.63) is 30.5 Å². The zero-order valence-electron chi connectivity index (χ0n) is 10.9. The predicted octanol–water partition coefficient (Wildman–Crippen LogP) is 2.86. The van der Waals surface area contributed by atoms with Crippen molar-refractivity contribution >= 4 is 16.9 Å². The molecule has 2 aromatic rings. The molecule has 1 aromatic heterocycles. The summed E-state index contributed by atoms with van der Waals surface area (Å²) in [5, 5.41) is 4.38. The van der Waals surface area contributed by atoms with Gasteiger partial charge in [0.2, 0.25) is 5.95 Å². The van der Waals surface area contributed by atoms with Crippen LogP contribution in [0.2, 0.25) is 0 Å². The van der Waals surface area contributed by atoms with Gasteiger partial charge in [-0.2, -0.15) is 0 Å². The van der Waals surface area contributed by atoms with Gasteiger partial charge in [0.05, 0.1) is 18.2 Å². The number of rotatable bonds is 6. The van der Waals surface area contributed by atoms with Crippen LogP contribution >= 0.6 is 0 Å². The number of anilines is 1. The molecule has 1 unspecified atom stereocenters. The highest BCUT2D eigenvalue weighted by atomic mass is 16.5. The largest absolute Gasteiger partial charge is 0.383 e. The zero-order valence-corrected chi connectivity index (χ0v) is 10.9. The Morgan fingerprint density at radius 1 is 1.33 bits per heavy atom. The Balaban J connectivity index is 2.14. The average Bonchev–Trinajstić information content (AvgIpc) is 2.39. The normalized spacial score (nSPS) is 12.6. The van der Waals surface area contributed by atoms with Crippen LogP contribution in [-0.4, -0.2) is 29.7 Å². The maximum Gasteiger partial charge on any atom is 0.223 e. The van der Waals surface area contributed by atoms with E-state index >= 15 is 0 Å². The van der Waals surface area contributed by atoms with Gasteiger partial charge in [-0.3, -0.25) is 0 Å². The summed E-state index contributed by atoms with van der Waals surface area (Å²) in [5.74, 6) is 0.671. The Kier molecular flexibility index (Phi) is 4.47. The summed E-state index contributed by atoms with van der Waals surface area (Å²) in [4.78, 5) is 8.84. The van der Waals surface area contributed by atoms with Gasteiger partial charge < -0.3 is 10.1 Å². The molecular weight excluding hydrogens is 226 g/mol. The van der Waals surface area contributed by atoms with Crippen molar-refractivity contribution in [2.45, 2.75) is 25.8 Å². The molecule has 2 rings (SSSR count). The Morgan fingerprint density at radius 3 is 2.94 bits per heavy atom. The van der Waals surface area contributed by atoms with Crippen molar-refractivity contribution in [3.8, 4) is 0 Å². The lowest BCUT2D eigenvalue weighted by Crippen LogP contribution is -2.25. The Bertz CT molecular complexity index is 495. The number of nitrogens with one attached hydrogen (secondary N) is 1. The Labute approximate surface area is 107 Å². The first kappa shape index (κ1) is 12.8. The molecule has 0 spiro atoms. The molecule has 0 saturated heterocycles. The maximum atomic E-state index is 5.20. The van der Waals surface area contributed by atoms with Gasteiger partial charge in [0.1, 0.15) is 0 Å². The highest BCUT2D eigenvalue weighted by Crippen LogP contribution is 2.13. The topological polar surface area (TPSA) is 47.0 Å². The summed E-state index contributed by atoms with van der Waals surface area (Å²) in [6.07, 6.45) is 4.00. The number of hydrogen-bond acceptors (Lipinski definition) is 4. The van der Waals surface area contributed by atoms with Crippen LogP contribution in [0.1, 0.15) is 19.8 Å². The van der Waals surface area contributed by atoms with Crippen LogP contribution in [0.3, 0.4) is 0 Å². The number of methoxy groups -OCH3 is 1. The number of hydrogen-bond donors (Lipinski definition) is 1. The summed E-state index contributed by atoms with van der Waals surface area (Å²) in [7, 11) is 1.71. The van der Waals surface area contributed by atoms with Gasteiger partial charge in [-0.15, -0.1) is 0 Å². The number of fused-ring (bicyclic) bond motifs is 1. The maximum absolute atomic E-state index is 5.20. The van der Waals surface area contributed by atoms with Crippen LogP contribution in [0.5, 0.6) is 0 Å². The van der Waals surface area contributed by atoms with Crippen molar-refractivity contribution in [1.82, 2.24) is 9.97 Å². The second-order valence-electron chi connectivity index (χ2n) is 4.34. The van der Waals surface area contributed by atoms with Crippen molar-refractivity contribution < 1.29 is 4.74 Å². The summed E-state index contributed by atoms with van der Waals surface area (Å²) < 4.78 is 5.20. The first-order valence-electron chi connectivity index (χ1n) is 6.30. The van der Waals surface area contributed by atoms with Gasteiger partial charge in [0, 0.05) is 18.7 Å². The van der Waals surface area contributed by atoms with Crippen LogP contribution in [-0.2, 0) is 4.74 Å². The first-order chi connectivity index (χ1) is 8.83. The standard InChI is InChI=1S/C14H19N3O/c1-3-6-12(10-18-2)16-14-15-9-11-7-4-5-8-13(11)17-14/h4-5,7-9,12H,3,6,10H2,1-2H3,(H,15,16,17). The fraction of sp³-hybridized carbons (Fsp3) is 0.429. The number of aromatic nitrogens is 2. The minimum Gasteiger partial charge on any atom is -0.383 e. The smallest absolute Gasteiger partial charge is 0.223 e. The van der Waals surface area contributed by atoms with Crippen LogP contribution in [0, 0.1) is 0 Å². The molecule has 0 saturated carbocycles. The van der Waals surface area contributed by atoms with E-state index in [4.69, 9.17) is 4.74 Å². The molecule has 18 heavy (non-hydrogen) atoms. The average molecular weight is 245 g/mol. The number of para-hydroxylation sites is 1. The van der Waals surface area contributed by atoms with E-state index in [1.807, 2.05) is 30.5 Å². The SMILES string of the molecule is CCCC(COC)Nc1ncc2ccccc2n1. The van der Waals surface area contributed by atoms with E-state index in [9.17, 15) is 0 Å². The molecule has 0 amide bonds. The summed E-state index contributed by atoms with van der Waals surface area (Å²) >= 11 is 0. The zero-order chi connectivity index (χ0) is 12.8. The van der Waals surface area contributed by atoms with Gasteiger partial charge >= 0.3 is 0 Å². The quantitative estimate of drug-likeness (QED) is 0.850. The molecule has 96 valence electrons. The molecule has 1 atom stereocenters. The number of benzene rings is 1. The van der Waals surface area contributed by atoms with E-state index in [0.717, 1.165) is 23.7 Å².